The molecular formula is C21H27NO9. The zero-order valence-electron chi connectivity index (χ0n) is 18.1. The quantitative estimate of drug-likeness (QED) is 0.495. The van der Waals surface area contributed by atoms with E-state index in [1.165, 1.54) is 27.7 Å². The van der Waals surface area contributed by atoms with E-state index in [2.05, 4.69) is 5.32 Å². The molecule has 0 unspecified atom stereocenters. The summed E-state index contributed by atoms with van der Waals surface area (Å²) in [5.41, 5.74) is 1.62. The Morgan fingerprint density at radius 3 is 2.00 bits per heavy atom. The van der Waals surface area contributed by atoms with Crippen molar-refractivity contribution in [3.63, 3.8) is 0 Å². The number of carbonyl (C=O) groups is 4. The summed E-state index contributed by atoms with van der Waals surface area (Å²) in [6, 6.07) is 7.34. The Bertz CT molecular complexity index is 825. The van der Waals surface area contributed by atoms with E-state index in [9.17, 15) is 19.2 Å². The first kappa shape index (κ1) is 24.1. The molecule has 2 rings (SSSR count). The van der Waals surface area contributed by atoms with E-state index in [0.717, 1.165) is 5.56 Å². The van der Waals surface area contributed by atoms with E-state index < -0.39 is 54.5 Å². The highest BCUT2D eigenvalue weighted by atomic mass is 16.7. The summed E-state index contributed by atoms with van der Waals surface area (Å²) in [7, 11) is 0. The minimum absolute atomic E-state index is 0.274. The average molecular weight is 437 g/mol. The molecule has 0 saturated carbocycles. The third-order valence-electron chi connectivity index (χ3n) is 4.32. The van der Waals surface area contributed by atoms with Crippen molar-refractivity contribution in [1.29, 1.82) is 0 Å². The van der Waals surface area contributed by atoms with E-state index in [1.54, 1.807) is 6.07 Å². The Morgan fingerprint density at radius 2 is 1.45 bits per heavy atom. The fraction of sp³-hybridized carbons (Fsp3) is 0.524. The van der Waals surface area contributed by atoms with Crippen molar-refractivity contribution in [2.24, 2.45) is 0 Å². The molecule has 1 N–H and O–H groups in total. The van der Waals surface area contributed by atoms with E-state index in [-0.39, 0.29) is 6.61 Å². The van der Waals surface area contributed by atoms with Crippen molar-refractivity contribution in [2.75, 3.05) is 11.9 Å². The lowest BCUT2D eigenvalue weighted by atomic mass is 9.97. The fourth-order valence-electron chi connectivity index (χ4n) is 3.24. The molecule has 0 amide bonds. The number of carbonyl (C=O) groups excluding carboxylic acids is 4. The summed E-state index contributed by atoms with van der Waals surface area (Å²) < 4.78 is 27.2. The van der Waals surface area contributed by atoms with Gasteiger partial charge in [0, 0.05) is 33.4 Å². The number of anilines is 1. The van der Waals surface area contributed by atoms with Crippen LogP contribution in [0.4, 0.5) is 5.69 Å². The summed E-state index contributed by atoms with van der Waals surface area (Å²) >= 11 is 0. The number of aryl methyl sites for hydroxylation is 1. The molecule has 170 valence electrons. The van der Waals surface area contributed by atoms with Gasteiger partial charge in [0.1, 0.15) is 12.7 Å². The van der Waals surface area contributed by atoms with Crippen LogP contribution >= 0.6 is 0 Å². The molecule has 10 heteroatoms. The van der Waals surface area contributed by atoms with Gasteiger partial charge in [0.25, 0.3) is 0 Å². The Balaban J connectivity index is 2.44. The van der Waals surface area contributed by atoms with Gasteiger partial charge in [-0.25, -0.2) is 0 Å². The van der Waals surface area contributed by atoms with Crippen LogP contribution in [-0.4, -0.2) is 61.1 Å². The van der Waals surface area contributed by atoms with Crippen LogP contribution in [0, 0.1) is 6.92 Å². The normalized spacial score (nSPS) is 25.1. The number of hydrogen-bond acceptors (Lipinski definition) is 10. The minimum atomic E-state index is -1.21. The summed E-state index contributed by atoms with van der Waals surface area (Å²) in [6.45, 7) is 6.39. The van der Waals surface area contributed by atoms with Gasteiger partial charge in [0.15, 0.2) is 24.5 Å². The number of ether oxygens (including phenoxy) is 5. The largest absolute Gasteiger partial charge is 0.463 e. The van der Waals surface area contributed by atoms with Gasteiger partial charge in [-0.05, 0) is 24.6 Å². The Hall–Kier alpha value is -3.14. The standard InChI is InChI=1S/C21H27NO9/c1-11-7-6-8-16(9-11)22-21-20(30-15(5)26)19(29-14(4)25)18(28-13(3)24)17(31-21)10-27-12(2)23/h6-9,17-22H,10H2,1-5H3/t17-,18-,19+,20+,21-/m0/s1. The van der Waals surface area contributed by atoms with E-state index in [0.29, 0.717) is 5.69 Å². The fourth-order valence-corrected chi connectivity index (χ4v) is 3.24. The van der Waals surface area contributed by atoms with Gasteiger partial charge in [0.2, 0.25) is 0 Å². The van der Waals surface area contributed by atoms with Crippen LogP contribution in [0.5, 0.6) is 0 Å². The maximum absolute atomic E-state index is 11.8. The lowest BCUT2D eigenvalue weighted by Crippen LogP contribution is -2.64. The molecule has 1 fully saturated rings. The molecular weight excluding hydrogens is 410 g/mol. The summed E-state index contributed by atoms with van der Waals surface area (Å²) in [5, 5.41) is 3.10. The van der Waals surface area contributed by atoms with Gasteiger partial charge in [-0.15, -0.1) is 0 Å². The second-order valence-corrected chi connectivity index (χ2v) is 7.13. The van der Waals surface area contributed by atoms with Crippen LogP contribution in [0.25, 0.3) is 0 Å². The average Bonchev–Trinajstić information content (AvgIpc) is 2.64. The van der Waals surface area contributed by atoms with Crippen molar-refractivity contribution in [3.8, 4) is 0 Å². The highest BCUT2D eigenvalue weighted by Gasteiger charge is 2.52. The third-order valence-corrected chi connectivity index (χ3v) is 4.32. The zero-order chi connectivity index (χ0) is 23.1. The van der Waals surface area contributed by atoms with Crippen molar-refractivity contribution in [3.05, 3.63) is 29.8 Å². The van der Waals surface area contributed by atoms with E-state index in [1.807, 2.05) is 25.1 Å². The predicted octanol–water partition coefficient (Wildman–Crippen LogP) is 1.49. The van der Waals surface area contributed by atoms with Crippen LogP contribution in [0.3, 0.4) is 0 Å². The second kappa shape index (κ2) is 10.8. The number of hydrogen-bond donors (Lipinski definition) is 1. The molecule has 0 bridgehead atoms. The highest BCUT2D eigenvalue weighted by Crippen LogP contribution is 2.30. The first-order chi connectivity index (χ1) is 14.6. The topological polar surface area (TPSA) is 126 Å². The Kier molecular flexibility index (Phi) is 8.38. The number of nitrogens with one attached hydrogen (secondary N) is 1. The first-order valence-electron chi connectivity index (χ1n) is 9.70. The SMILES string of the molecule is CC(=O)OC[C@@H]1O[C@H](Nc2cccc(C)c2)[C@H](OC(C)=O)[C@H](OC(C)=O)[C@H]1OC(C)=O. The first-order valence-corrected chi connectivity index (χ1v) is 9.70. The maximum Gasteiger partial charge on any atom is 0.303 e. The van der Waals surface area contributed by atoms with Gasteiger partial charge in [0.05, 0.1) is 0 Å². The van der Waals surface area contributed by atoms with Crippen LogP contribution in [-0.2, 0) is 42.9 Å². The van der Waals surface area contributed by atoms with Gasteiger partial charge < -0.3 is 29.0 Å². The highest BCUT2D eigenvalue weighted by molar-refractivity contribution is 5.69. The molecule has 5 atom stereocenters. The minimum Gasteiger partial charge on any atom is -0.463 e. The molecule has 0 aromatic heterocycles. The van der Waals surface area contributed by atoms with Crippen LogP contribution in [0.1, 0.15) is 33.3 Å². The van der Waals surface area contributed by atoms with Crippen molar-refractivity contribution in [2.45, 2.75) is 65.3 Å². The van der Waals surface area contributed by atoms with E-state index >= 15 is 0 Å². The molecule has 31 heavy (non-hydrogen) atoms. The molecule has 0 spiro atoms. The molecule has 0 radical (unpaired) electrons. The monoisotopic (exact) mass is 437 g/mol. The second-order valence-electron chi connectivity index (χ2n) is 7.13. The third kappa shape index (κ3) is 7.25. The zero-order valence-corrected chi connectivity index (χ0v) is 18.1. The number of rotatable bonds is 7. The van der Waals surface area contributed by atoms with Crippen molar-refractivity contribution >= 4 is 29.6 Å². The maximum atomic E-state index is 11.8. The summed E-state index contributed by atoms with van der Waals surface area (Å²) in [5.74, 6) is -2.58. The molecule has 10 nitrogen and oxygen atoms in total. The lowest BCUT2D eigenvalue weighted by Gasteiger charge is -2.44. The lowest BCUT2D eigenvalue weighted by molar-refractivity contribution is -0.247. The molecule has 1 aromatic carbocycles. The summed E-state index contributed by atoms with van der Waals surface area (Å²) in [4.78, 5) is 46.7. The van der Waals surface area contributed by atoms with Gasteiger partial charge in [-0.2, -0.15) is 0 Å². The molecule has 0 aliphatic carbocycles. The van der Waals surface area contributed by atoms with Crippen molar-refractivity contribution < 1.29 is 42.9 Å². The Morgan fingerprint density at radius 1 is 0.871 bits per heavy atom. The van der Waals surface area contributed by atoms with Crippen molar-refractivity contribution in [1.82, 2.24) is 0 Å². The molecule has 1 heterocycles. The predicted molar refractivity (Wildman–Crippen MR) is 107 cm³/mol. The molecule has 1 saturated heterocycles. The summed E-state index contributed by atoms with van der Waals surface area (Å²) in [6.07, 6.45) is -5.53. The Labute approximate surface area is 180 Å². The molecule has 1 aliphatic heterocycles. The number of benzene rings is 1. The van der Waals surface area contributed by atoms with Crippen LogP contribution < -0.4 is 5.32 Å². The van der Waals surface area contributed by atoms with Crippen LogP contribution in [0.2, 0.25) is 0 Å². The number of esters is 4. The molecule has 1 aromatic rings. The van der Waals surface area contributed by atoms with Gasteiger partial charge in [-0.1, -0.05) is 12.1 Å². The molecule has 1 aliphatic rings. The van der Waals surface area contributed by atoms with E-state index in [4.69, 9.17) is 23.7 Å². The van der Waals surface area contributed by atoms with Gasteiger partial charge >= 0.3 is 23.9 Å². The smallest absolute Gasteiger partial charge is 0.303 e. The van der Waals surface area contributed by atoms with Gasteiger partial charge in [-0.3, -0.25) is 19.2 Å². The van der Waals surface area contributed by atoms with Crippen LogP contribution in [0.15, 0.2) is 24.3 Å².